The van der Waals surface area contributed by atoms with E-state index in [0.29, 0.717) is 27.1 Å². The molecule has 0 radical (unpaired) electrons. The van der Waals surface area contributed by atoms with Gasteiger partial charge in [0.2, 0.25) is 10.0 Å². The van der Waals surface area contributed by atoms with Gasteiger partial charge in [-0.15, -0.1) is 0 Å². The summed E-state index contributed by atoms with van der Waals surface area (Å²) in [6, 6.07) is 27.5. The van der Waals surface area contributed by atoms with E-state index >= 15 is 0 Å². The van der Waals surface area contributed by atoms with Gasteiger partial charge in [0, 0.05) is 17.6 Å². The van der Waals surface area contributed by atoms with Gasteiger partial charge in [0.25, 0.3) is 0 Å². The lowest BCUT2D eigenvalue weighted by Gasteiger charge is -2.22. The fraction of sp³-hybridized carbons (Fsp3) is 0.0938. The SMILES string of the molecule is Cc1ccc(S(=O)(=O)N(Cc2ccc(Cl)c(Cl)c2)Cc2ccc(/C=N/NC(=O)C(=O)Nc3cccc4ccccc34)o2)cc1. The van der Waals surface area contributed by atoms with Crippen molar-refractivity contribution in [3.05, 3.63) is 130 Å². The minimum Gasteiger partial charge on any atom is -0.459 e. The maximum absolute atomic E-state index is 13.6. The first kappa shape index (κ1) is 31.0. The molecule has 44 heavy (non-hydrogen) atoms. The van der Waals surface area contributed by atoms with E-state index < -0.39 is 21.8 Å². The van der Waals surface area contributed by atoms with Crippen LogP contribution in [-0.2, 0) is 32.7 Å². The molecule has 1 heterocycles. The molecule has 0 aliphatic heterocycles. The van der Waals surface area contributed by atoms with Gasteiger partial charge in [-0.25, -0.2) is 13.8 Å². The Morgan fingerprint density at radius 1 is 0.864 bits per heavy atom. The molecule has 0 unspecified atom stereocenters. The lowest BCUT2D eigenvalue weighted by molar-refractivity contribution is -0.136. The van der Waals surface area contributed by atoms with E-state index in [1.165, 1.54) is 10.5 Å². The molecule has 2 N–H and O–H groups in total. The summed E-state index contributed by atoms with van der Waals surface area (Å²) in [6.45, 7) is 1.76. The molecule has 9 nitrogen and oxygen atoms in total. The second kappa shape index (κ2) is 13.4. The molecule has 0 bridgehead atoms. The lowest BCUT2D eigenvalue weighted by atomic mass is 10.1. The zero-order chi connectivity index (χ0) is 31.3. The first-order chi connectivity index (χ1) is 21.1. The zero-order valence-corrected chi connectivity index (χ0v) is 25.7. The molecule has 12 heteroatoms. The Balaban J connectivity index is 1.27. The van der Waals surface area contributed by atoms with Crippen LogP contribution in [0.3, 0.4) is 0 Å². The van der Waals surface area contributed by atoms with Gasteiger partial charge in [-0.3, -0.25) is 9.59 Å². The Hall–Kier alpha value is -4.48. The number of hydrogen-bond acceptors (Lipinski definition) is 6. The molecule has 0 aliphatic carbocycles. The Morgan fingerprint density at radius 3 is 2.39 bits per heavy atom. The molecule has 2 amide bonds. The van der Waals surface area contributed by atoms with E-state index in [1.807, 2.05) is 37.3 Å². The van der Waals surface area contributed by atoms with Crippen molar-refractivity contribution in [2.75, 3.05) is 5.32 Å². The second-order valence-electron chi connectivity index (χ2n) is 9.82. The van der Waals surface area contributed by atoms with E-state index in [-0.39, 0.29) is 23.7 Å². The fourth-order valence-electron chi connectivity index (χ4n) is 4.37. The highest BCUT2D eigenvalue weighted by Gasteiger charge is 2.26. The molecule has 0 spiro atoms. The van der Waals surface area contributed by atoms with Gasteiger partial charge in [-0.2, -0.15) is 9.41 Å². The van der Waals surface area contributed by atoms with Crippen LogP contribution >= 0.6 is 23.2 Å². The van der Waals surface area contributed by atoms with Crippen molar-refractivity contribution in [1.82, 2.24) is 9.73 Å². The number of carbonyl (C=O) groups is 2. The number of benzene rings is 4. The number of halogens is 2. The smallest absolute Gasteiger partial charge is 0.329 e. The molecular weight excluding hydrogens is 623 g/mol. The number of carbonyl (C=O) groups excluding carboxylic acids is 2. The molecule has 4 aromatic carbocycles. The minimum absolute atomic E-state index is 0.000902. The van der Waals surface area contributed by atoms with Gasteiger partial charge in [0.15, 0.2) is 0 Å². The molecular formula is C32H26Cl2N4O5S. The molecule has 0 fully saturated rings. The number of nitrogens with zero attached hydrogens (tertiary/aromatic N) is 2. The van der Waals surface area contributed by atoms with Crippen molar-refractivity contribution in [3.63, 3.8) is 0 Å². The van der Waals surface area contributed by atoms with Crippen molar-refractivity contribution >= 4 is 67.7 Å². The predicted octanol–water partition coefficient (Wildman–Crippen LogP) is 6.53. The van der Waals surface area contributed by atoms with Crippen LogP contribution in [-0.4, -0.2) is 30.8 Å². The van der Waals surface area contributed by atoms with Crippen molar-refractivity contribution < 1.29 is 22.4 Å². The second-order valence-corrected chi connectivity index (χ2v) is 12.6. The third-order valence-corrected chi connectivity index (χ3v) is 9.16. The lowest BCUT2D eigenvalue weighted by Crippen LogP contribution is -2.32. The summed E-state index contributed by atoms with van der Waals surface area (Å²) in [5.41, 5.74) is 4.22. The monoisotopic (exact) mass is 648 g/mol. The van der Waals surface area contributed by atoms with Crippen LogP contribution in [0, 0.1) is 6.92 Å². The Kier molecular flexibility index (Phi) is 9.46. The summed E-state index contributed by atoms with van der Waals surface area (Å²) < 4.78 is 34.3. The molecule has 5 rings (SSSR count). The van der Waals surface area contributed by atoms with E-state index in [0.717, 1.165) is 16.3 Å². The van der Waals surface area contributed by atoms with Gasteiger partial charge < -0.3 is 9.73 Å². The quantitative estimate of drug-likeness (QED) is 0.107. The van der Waals surface area contributed by atoms with E-state index in [1.54, 1.807) is 66.7 Å². The van der Waals surface area contributed by atoms with Gasteiger partial charge in [-0.1, -0.05) is 83.4 Å². The minimum atomic E-state index is -3.94. The average molecular weight is 650 g/mol. The number of fused-ring (bicyclic) bond motifs is 1. The number of rotatable bonds is 9. The summed E-state index contributed by atoms with van der Waals surface area (Å²) in [4.78, 5) is 24.9. The highest BCUT2D eigenvalue weighted by atomic mass is 35.5. The number of aryl methyl sites for hydroxylation is 1. The number of sulfonamides is 1. The molecule has 224 valence electrons. The maximum atomic E-state index is 13.6. The van der Waals surface area contributed by atoms with Crippen LogP contribution in [0.15, 0.2) is 111 Å². The largest absolute Gasteiger partial charge is 0.459 e. The number of furan rings is 1. The van der Waals surface area contributed by atoms with Gasteiger partial charge in [0.05, 0.1) is 27.7 Å². The summed E-state index contributed by atoms with van der Waals surface area (Å²) in [5, 5.41) is 8.77. The van der Waals surface area contributed by atoms with Crippen LogP contribution in [0.5, 0.6) is 0 Å². The molecule has 0 atom stereocenters. The molecule has 0 aliphatic rings. The third-order valence-electron chi connectivity index (χ3n) is 6.62. The van der Waals surface area contributed by atoms with Crippen molar-refractivity contribution in [1.29, 1.82) is 0 Å². The van der Waals surface area contributed by atoms with Crippen molar-refractivity contribution in [2.45, 2.75) is 24.9 Å². The first-order valence-corrected chi connectivity index (χ1v) is 15.5. The molecule has 0 saturated carbocycles. The van der Waals surface area contributed by atoms with E-state index in [2.05, 4.69) is 15.8 Å². The Bertz CT molecular complexity index is 1970. The summed E-state index contributed by atoms with van der Waals surface area (Å²) in [5.74, 6) is -1.31. The number of hydrogen-bond donors (Lipinski definition) is 2. The van der Waals surface area contributed by atoms with Crippen LogP contribution in [0.1, 0.15) is 22.6 Å². The van der Waals surface area contributed by atoms with E-state index in [9.17, 15) is 18.0 Å². The third kappa shape index (κ3) is 7.35. The van der Waals surface area contributed by atoms with Crippen LogP contribution in [0.2, 0.25) is 10.0 Å². The van der Waals surface area contributed by atoms with Crippen molar-refractivity contribution in [2.24, 2.45) is 5.10 Å². The van der Waals surface area contributed by atoms with Gasteiger partial charge in [-0.05, 0) is 60.3 Å². The Labute approximate surface area is 264 Å². The van der Waals surface area contributed by atoms with E-state index in [4.69, 9.17) is 27.6 Å². The molecule has 5 aromatic rings. The van der Waals surface area contributed by atoms with Gasteiger partial charge >= 0.3 is 11.8 Å². The fourth-order valence-corrected chi connectivity index (χ4v) is 6.08. The Morgan fingerprint density at radius 2 is 1.61 bits per heavy atom. The molecule has 0 saturated heterocycles. The highest BCUT2D eigenvalue weighted by molar-refractivity contribution is 7.89. The maximum Gasteiger partial charge on any atom is 0.329 e. The summed E-state index contributed by atoms with van der Waals surface area (Å²) >= 11 is 12.2. The van der Waals surface area contributed by atoms with Crippen molar-refractivity contribution in [3.8, 4) is 0 Å². The van der Waals surface area contributed by atoms with Crippen LogP contribution in [0.25, 0.3) is 10.8 Å². The zero-order valence-electron chi connectivity index (χ0n) is 23.3. The summed E-state index contributed by atoms with van der Waals surface area (Å²) in [6.07, 6.45) is 1.21. The molecule has 1 aromatic heterocycles. The van der Waals surface area contributed by atoms with Gasteiger partial charge in [0.1, 0.15) is 11.5 Å². The predicted molar refractivity (Wildman–Crippen MR) is 171 cm³/mol. The average Bonchev–Trinajstić information content (AvgIpc) is 3.46. The highest BCUT2D eigenvalue weighted by Crippen LogP contribution is 2.27. The number of anilines is 1. The van der Waals surface area contributed by atoms with Crippen LogP contribution < -0.4 is 10.7 Å². The first-order valence-electron chi connectivity index (χ1n) is 13.3. The summed E-state index contributed by atoms with van der Waals surface area (Å²) in [7, 11) is -3.94. The topological polar surface area (TPSA) is 121 Å². The normalized spacial score (nSPS) is 11.7. The van der Waals surface area contributed by atoms with Crippen LogP contribution in [0.4, 0.5) is 5.69 Å². The standard InChI is InChI=1S/C32H26Cl2N4O5S/c1-21-9-14-26(15-10-21)44(41,42)38(19-22-11-16-28(33)29(34)17-22)20-25-13-12-24(43-25)18-35-37-32(40)31(39)36-30-8-4-6-23-5-2-3-7-27(23)30/h2-18H,19-20H2,1H3,(H,36,39)(H,37,40)/b35-18+. The number of amides is 2. The number of nitrogens with one attached hydrogen (secondary N) is 2. The number of hydrazone groups is 1.